The van der Waals surface area contributed by atoms with Gasteiger partial charge in [-0.3, -0.25) is 4.79 Å². The lowest BCUT2D eigenvalue weighted by Gasteiger charge is -2.23. The predicted molar refractivity (Wildman–Crippen MR) is 71.4 cm³/mol. The summed E-state index contributed by atoms with van der Waals surface area (Å²) >= 11 is 2.24. The summed E-state index contributed by atoms with van der Waals surface area (Å²) in [6.07, 6.45) is 5.86. The Kier molecular flexibility index (Phi) is 3.89. The van der Waals surface area contributed by atoms with Crippen molar-refractivity contribution < 1.29 is 5.21 Å². The summed E-state index contributed by atoms with van der Waals surface area (Å²) in [7, 11) is 0. The van der Waals surface area contributed by atoms with Crippen LogP contribution >= 0.6 is 22.6 Å². The summed E-state index contributed by atoms with van der Waals surface area (Å²) < 4.78 is 1.65. The molecular formula is C12H16INO2. The Balaban J connectivity index is 2.37. The molecule has 0 amide bonds. The van der Waals surface area contributed by atoms with Crippen LogP contribution in [0.25, 0.3) is 0 Å². The van der Waals surface area contributed by atoms with Crippen LogP contribution in [0.2, 0.25) is 0 Å². The van der Waals surface area contributed by atoms with E-state index in [9.17, 15) is 10.0 Å². The molecule has 88 valence electrons. The van der Waals surface area contributed by atoms with Crippen molar-refractivity contribution in [2.75, 3.05) is 0 Å². The highest BCUT2D eigenvalue weighted by atomic mass is 127. The molecule has 1 heterocycles. The maximum absolute atomic E-state index is 11.6. The Bertz CT molecular complexity index is 422. The highest BCUT2D eigenvalue weighted by molar-refractivity contribution is 14.1. The van der Waals surface area contributed by atoms with Gasteiger partial charge in [0.1, 0.15) is 0 Å². The van der Waals surface area contributed by atoms with Crippen LogP contribution in [-0.4, -0.2) is 9.94 Å². The van der Waals surface area contributed by atoms with E-state index >= 15 is 0 Å². The molecule has 1 aromatic rings. The zero-order chi connectivity index (χ0) is 11.5. The minimum Gasteiger partial charge on any atom is -0.425 e. The van der Waals surface area contributed by atoms with Crippen molar-refractivity contribution in [1.29, 1.82) is 0 Å². The van der Waals surface area contributed by atoms with Crippen molar-refractivity contribution in [1.82, 2.24) is 4.73 Å². The smallest absolute Gasteiger partial charge is 0.283 e. The highest BCUT2D eigenvalue weighted by Gasteiger charge is 2.19. The molecule has 1 aromatic heterocycles. The number of hydrogen-bond acceptors (Lipinski definition) is 2. The summed E-state index contributed by atoms with van der Waals surface area (Å²) in [5.41, 5.74) is 1.52. The molecule has 1 saturated carbocycles. The van der Waals surface area contributed by atoms with Crippen LogP contribution in [0.1, 0.15) is 49.3 Å². The largest absolute Gasteiger partial charge is 0.425 e. The van der Waals surface area contributed by atoms with Gasteiger partial charge in [-0.25, -0.2) is 0 Å². The summed E-state index contributed by atoms with van der Waals surface area (Å²) in [6, 6.07) is 3.49. The Morgan fingerprint density at radius 3 is 2.62 bits per heavy atom. The molecular weight excluding hydrogens is 317 g/mol. The third-order valence-corrected chi connectivity index (χ3v) is 4.15. The number of halogens is 1. The van der Waals surface area contributed by atoms with Crippen LogP contribution in [0.3, 0.4) is 0 Å². The van der Waals surface area contributed by atoms with Crippen LogP contribution in [-0.2, 0) is 4.43 Å². The van der Waals surface area contributed by atoms with E-state index in [-0.39, 0.29) is 5.56 Å². The lowest BCUT2D eigenvalue weighted by atomic mass is 9.86. The first-order valence-corrected chi connectivity index (χ1v) is 7.26. The molecule has 0 spiro atoms. The van der Waals surface area contributed by atoms with Gasteiger partial charge in [0, 0.05) is 16.4 Å². The molecule has 1 aliphatic carbocycles. The SMILES string of the molecule is O=c1cc(CI)cc(C2CCCCC2)n1O. The van der Waals surface area contributed by atoms with Gasteiger partial charge < -0.3 is 5.21 Å². The van der Waals surface area contributed by atoms with Crippen molar-refractivity contribution >= 4 is 22.6 Å². The quantitative estimate of drug-likeness (QED) is 0.513. The van der Waals surface area contributed by atoms with Crippen LogP contribution in [0, 0.1) is 0 Å². The molecule has 0 bridgehead atoms. The number of hydrogen-bond donors (Lipinski definition) is 1. The van der Waals surface area contributed by atoms with E-state index in [1.807, 2.05) is 6.07 Å². The normalized spacial score (nSPS) is 17.6. The molecule has 0 aromatic carbocycles. The molecule has 16 heavy (non-hydrogen) atoms. The molecule has 1 aliphatic rings. The van der Waals surface area contributed by atoms with Crippen LogP contribution < -0.4 is 5.56 Å². The van der Waals surface area contributed by atoms with E-state index in [1.165, 1.54) is 25.3 Å². The lowest BCUT2D eigenvalue weighted by Crippen LogP contribution is -2.24. The van der Waals surface area contributed by atoms with Gasteiger partial charge in [-0.15, -0.1) is 0 Å². The van der Waals surface area contributed by atoms with Gasteiger partial charge in [-0.2, -0.15) is 4.73 Å². The van der Waals surface area contributed by atoms with Crippen LogP contribution in [0.15, 0.2) is 16.9 Å². The fraction of sp³-hybridized carbons (Fsp3) is 0.583. The van der Waals surface area contributed by atoms with Crippen molar-refractivity contribution in [2.45, 2.75) is 42.4 Å². The summed E-state index contributed by atoms with van der Waals surface area (Å²) in [5.74, 6) is 0.356. The molecule has 4 heteroatoms. The van der Waals surface area contributed by atoms with Gasteiger partial charge in [0.15, 0.2) is 0 Å². The van der Waals surface area contributed by atoms with Crippen molar-refractivity contribution in [3.8, 4) is 0 Å². The van der Waals surface area contributed by atoms with Gasteiger partial charge in [0.25, 0.3) is 5.56 Å². The summed E-state index contributed by atoms with van der Waals surface area (Å²) in [5, 5.41) is 9.77. The Hall–Kier alpha value is -0.520. The topological polar surface area (TPSA) is 42.2 Å². The van der Waals surface area contributed by atoms with Gasteiger partial charge in [-0.1, -0.05) is 41.9 Å². The first kappa shape index (κ1) is 12.0. The maximum Gasteiger partial charge on any atom is 0.283 e. The zero-order valence-corrected chi connectivity index (χ0v) is 11.3. The monoisotopic (exact) mass is 333 g/mol. The minimum atomic E-state index is -0.297. The zero-order valence-electron chi connectivity index (χ0n) is 9.16. The van der Waals surface area contributed by atoms with Crippen molar-refractivity contribution in [3.05, 3.63) is 33.7 Å². The summed E-state index contributed by atoms with van der Waals surface area (Å²) in [4.78, 5) is 11.6. The number of nitrogens with zero attached hydrogens (tertiary/aromatic N) is 1. The average Bonchev–Trinajstić information content (AvgIpc) is 2.33. The third-order valence-electron chi connectivity index (χ3n) is 3.27. The second-order valence-corrected chi connectivity index (χ2v) is 5.17. The van der Waals surface area contributed by atoms with Gasteiger partial charge in [-0.05, 0) is 24.5 Å². The fourth-order valence-corrected chi connectivity index (χ4v) is 2.85. The molecule has 2 rings (SSSR count). The Labute approximate surface area is 109 Å². The van der Waals surface area contributed by atoms with Crippen LogP contribution in [0.4, 0.5) is 0 Å². The Morgan fingerprint density at radius 2 is 2.00 bits per heavy atom. The minimum absolute atomic E-state index is 0.297. The van der Waals surface area contributed by atoms with E-state index < -0.39 is 0 Å². The third kappa shape index (κ3) is 2.42. The molecule has 0 saturated heterocycles. The van der Waals surface area contributed by atoms with Crippen LogP contribution in [0.5, 0.6) is 0 Å². The maximum atomic E-state index is 11.6. The number of alkyl halides is 1. The van der Waals surface area contributed by atoms with Crippen molar-refractivity contribution in [3.63, 3.8) is 0 Å². The van der Waals surface area contributed by atoms with Gasteiger partial charge in [0.05, 0.1) is 5.69 Å². The summed E-state index contributed by atoms with van der Waals surface area (Å²) in [6.45, 7) is 0. The first-order valence-electron chi connectivity index (χ1n) is 5.73. The molecule has 1 fully saturated rings. The van der Waals surface area contributed by atoms with Crippen molar-refractivity contribution in [2.24, 2.45) is 0 Å². The van der Waals surface area contributed by atoms with E-state index in [0.29, 0.717) is 5.92 Å². The van der Waals surface area contributed by atoms with Gasteiger partial charge in [0.2, 0.25) is 0 Å². The number of pyridine rings is 1. The van der Waals surface area contributed by atoms with E-state index in [1.54, 1.807) is 0 Å². The molecule has 0 aliphatic heterocycles. The van der Waals surface area contributed by atoms with E-state index in [4.69, 9.17) is 0 Å². The fourth-order valence-electron chi connectivity index (χ4n) is 2.41. The standard InChI is InChI=1S/C12H16INO2/c13-8-9-6-11(14(16)12(15)7-9)10-4-2-1-3-5-10/h6-7,10,16H,1-5,8H2. The second kappa shape index (κ2) is 5.21. The lowest BCUT2D eigenvalue weighted by molar-refractivity contribution is 0.156. The molecule has 3 nitrogen and oxygen atoms in total. The van der Waals surface area contributed by atoms with E-state index in [2.05, 4.69) is 22.6 Å². The highest BCUT2D eigenvalue weighted by Crippen LogP contribution is 2.32. The Morgan fingerprint density at radius 1 is 1.31 bits per heavy atom. The number of aromatic nitrogens is 1. The molecule has 0 radical (unpaired) electrons. The number of rotatable bonds is 2. The molecule has 0 unspecified atom stereocenters. The molecule has 1 N–H and O–H groups in total. The molecule has 0 atom stereocenters. The van der Waals surface area contributed by atoms with Gasteiger partial charge >= 0.3 is 0 Å². The predicted octanol–water partition coefficient (Wildman–Crippen LogP) is 3.07. The van der Waals surface area contributed by atoms with E-state index in [0.717, 1.165) is 33.3 Å². The second-order valence-electron chi connectivity index (χ2n) is 4.41. The average molecular weight is 333 g/mol. The first-order chi connectivity index (χ1) is 7.72.